The van der Waals surface area contributed by atoms with E-state index in [4.69, 9.17) is 0 Å². The van der Waals surface area contributed by atoms with Gasteiger partial charge in [-0.2, -0.15) is 31.0 Å². The topological polar surface area (TPSA) is 70.2 Å². The van der Waals surface area contributed by atoms with Crippen LogP contribution in [0.1, 0.15) is 16.7 Å². The molecule has 112 valence electrons. The average molecular weight is 309 g/mol. The summed E-state index contributed by atoms with van der Waals surface area (Å²) < 4.78 is 62.0. The molecule has 5 nitrogen and oxygen atoms in total. The summed E-state index contributed by atoms with van der Waals surface area (Å²) in [4.78, 5) is 0. The van der Waals surface area contributed by atoms with Gasteiger partial charge in [0.05, 0.1) is 0 Å². The zero-order valence-corrected chi connectivity index (χ0v) is 11.2. The molecule has 1 aromatic carbocycles. The Bertz CT molecular complexity index is 587. The number of hydrogen-bond donors (Lipinski definition) is 3. The Morgan fingerprint density at radius 1 is 1.15 bits per heavy atom. The second-order valence-corrected chi connectivity index (χ2v) is 6.05. The van der Waals surface area contributed by atoms with Gasteiger partial charge < -0.3 is 5.32 Å². The van der Waals surface area contributed by atoms with Crippen LogP contribution in [0.2, 0.25) is 0 Å². The Kier molecular flexibility index (Phi) is 4.33. The molecule has 0 bridgehead atoms. The van der Waals surface area contributed by atoms with Crippen molar-refractivity contribution in [3.8, 4) is 0 Å². The van der Waals surface area contributed by atoms with E-state index >= 15 is 0 Å². The molecule has 0 saturated heterocycles. The molecule has 0 saturated carbocycles. The number of benzene rings is 1. The average Bonchev–Trinajstić information content (AvgIpc) is 2.81. The molecule has 1 heterocycles. The van der Waals surface area contributed by atoms with Crippen molar-refractivity contribution < 1.29 is 21.6 Å². The highest BCUT2D eigenvalue weighted by atomic mass is 32.2. The second kappa shape index (κ2) is 5.68. The molecule has 0 fully saturated rings. The molecule has 0 aromatic heterocycles. The summed E-state index contributed by atoms with van der Waals surface area (Å²) in [5, 5.41) is 3.15. The van der Waals surface area contributed by atoms with E-state index in [1.54, 1.807) is 6.07 Å². The van der Waals surface area contributed by atoms with Gasteiger partial charge in [-0.3, -0.25) is 0 Å². The van der Waals surface area contributed by atoms with Crippen LogP contribution in [0.4, 0.5) is 13.2 Å². The predicted molar refractivity (Wildman–Crippen MR) is 66.8 cm³/mol. The molecule has 0 radical (unpaired) electrons. The lowest BCUT2D eigenvalue weighted by atomic mass is 10.1. The first-order valence-electron chi connectivity index (χ1n) is 5.87. The minimum Gasteiger partial charge on any atom is -0.309 e. The number of hydrogen-bond acceptors (Lipinski definition) is 3. The monoisotopic (exact) mass is 309 g/mol. The van der Waals surface area contributed by atoms with Crippen molar-refractivity contribution in [1.82, 2.24) is 14.8 Å². The summed E-state index contributed by atoms with van der Waals surface area (Å²) >= 11 is 0. The van der Waals surface area contributed by atoms with E-state index in [1.807, 2.05) is 12.1 Å². The fraction of sp³-hybridized carbons (Fsp3) is 0.455. The Balaban J connectivity index is 1.91. The zero-order valence-electron chi connectivity index (χ0n) is 10.4. The van der Waals surface area contributed by atoms with Crippen LogP contribution in [0.25, 0.3) is 0 Å². The van der Waals surface area contributed by atoms with Crippen LogP contribution in [0.5, 0.6) is 0 Å². The van der Waals surface area contributed by atoms with E-state index in [-0.39, 0.29) is 6.54 Å². The highest BCUT2D eigenvalue weighted by Crippen LogP contribution is 2.17. The van der Waals surface area contributed by atoms with Crippen LogP contribution in [-0.2, 0) is 29.8 Å². The van der Waals surface area contributed by atoms with E-state index in [1.165, 1.54) is 4.72 Å². The third kappa shape index (κ3) is 4.44. The summed E-state index contributed by atoms with van der Waals surface area (Å²) in [6, 6.07) is 5.46. The van der Waals surface area contributed by atoms with Crippen molar-refractivity contribution >= 4 is 10.2 Å². The third-order valence-corrected chi connectivity index (χ3v) is 3.88. The molecule has 2 rings (SSSR count). The Morgan fingerprint density at radius 3 is 2.55 bits per heavy atom. The standard InChI is InChI=1S/C11H14F3N3O2S/c12-11(13,14)7-17-20(18,19)16-4-8-1-2-9-5-15-6-10(9)3-8/h1-3,15-17H,4-7H2. The van der Waals surface area contributed by atoms with Crippen LogP contribution in [0.15, 0.2) is 18.2 Å². The van der Waals surface area contributed by atoms with E-state index in [0.29, 0.717) is 12.1 Å². The number of nitrogens with one attached hydrogen (secondary N) is 3. The Morgan fingerprint density at radius 2 is 1.85 bits per heavy atom. The van der Waals surface area contributed by atoms with Crippen LogP contribution in [0.3, 0.4) is 0 Å². The molecule has 0 spiro atoms. The van der Waals surface area contributed by atoms with E-state index in [9.17, 15) is 21.6 Å². The number of alkyl halides is 3. The SMILES string of the molecule is O=S(=O)(NCc1ccc2c(c1)CNC2)NCC(F)(F)F. The summed E-state index contributed by atoms with van der Waals surface area (Å²) in [5.74, 6) is 0. The first kappa shape index (κ1) is 15.2. The molecular formula is C11H14F3N3O2S. The van der Waals surface area contributed by atoms with Gasteiger partial charge in [-0.1, -0.05) is 18.2 Å². The normalized spacial score (nSPS) is 15.3. The van der Waals surface area contributed by atoms with Gasteiger partial charge in [0, 0.05) is 19.6 Å². The van der Waals surface area contributed by atoms with Gasteiger partial charge in [-0.15, -0.1) is 0 Å². The number of rotatable bonds is 5. The molecule has 1 aromatic rings. The first-order chi connectivity index (χ1) is 9.25. The summed E-state index contributed by atoms with van der Waals surface area (Å²) in [5.41, 5.74) is 2.92. The largest absolute Gasteiger partial charge is 0.402 e. The van der Waals surface area contributed by atoms with Gasteiger partial charge in [-0.25, -0.2) is 0 Å². The van der Waals surface area contributed by atoms with Crippen LogP contribution >= 0.6 is 0 Å². The van der Waals surface area contributed by atoms with E-state index < -0.39 is 22.9 Å². The summed E-state index contributed by atoms with van der Waals surface area (Å²) in [7, 11) is -4.16. The minimum absolute atomic E-state index is 0.0551. The van der Waals surface area contributed by atoms with Gasteiger partial charge in [0.1, 0.15) is 6.54 Å². The summed E-state index contributed by atoms with van der Waals surface area (Å²) in [6.07, 6.45) is -4.58. The quantitative estimate of drug-likeness (QED) is 0.753. The van der Waals surface area contributed by atoms with Crippen molar-refractivity contribution in [3.63, 3.8) is 0 Å². The van der Waals surface area contributed by atoms with Crippen LogP contribution in [0, 0.1) is 0 Å². The van der Waals surface area contributed by atoms with Crippen molar-refractivity contribution in [2.45, 2.75) is 25.8 Å². The fourth-order valence-corrected chi connectivity index (χ4v) is 2.68. The molecular weight excluding hydrogens is 295 g/mol. The molecule has 0 aliphatic carbocycles. The number of halogens is 3. The lowest BCUT2D eigenvalue weighted by molar-refractivity contribution is -0.121. The predicted octanol–water partition coefficient (Wildman–Crippen LogP) is 0.776. The Labute approximate surface area is 114 Å². The number of fused-ring (bicyclic) bond motifs is 1. The van der Waals surface area contributed by atoms with Crippen LogP contribution < -0.4 is 14.8 Å². The van der Waals surface area contributed by atoms with E-state index in [2.05, 4.69) is 10.0 Å². The maximum Gasteiger partial charge on any atom is 0.402 e. The molecule has 0 atom stereocenters. The van der Waals surface area contributed by atoms with Crippen molar-refractivity contribution in [2.24, 2.45) is 0 Å². The second-order valence-electron chi connectivity index (χ2n) is 4.47. The van der Waals surface area contributed by atoms with Crippen LogP contribution in [-0.4, -0.2) is 21.1 Å². The van der Waals surface area contributed by atoms with Crippen molar-refractivity contribution in [1.29, 1.82) is 0 Å². The van der Waals surface area contributed by atoms with E-state index in [0.717, 1.165) is 17.7 Å². The third-order valence-electron chi connectivity index (χ3n) is 2.83. The first-order valence-corrected chi connectivity index (χ1v) is 7.36. The smallest absolute Gasteiger partial charge is 0.309 e. The van der Waals surface area contributed by atoms with Crippen molar-refractivity contribution in [2.75, 3.05) is 6.54 Å². The minimum atomic E-state index is -4.58. The molecule has 1 aliphatic rings. The molecule has 3 N–H and O–H groups in total. The molecule has 20 heavy (non-hydrogen) atoms. The lowest BCUT2D eigenvalue weighted by Crippen LogP contribution is -2.41. The lowest BCUT2D eigenvalue weighted by Gasteiger charge is -2.10. The molecule has 0 amide bonds. The molecule has 1 aliphatic heterocycles. The van der Waals surface area contributed by atoms with Gasteiger partial charge in [0.25, 0.3) is 10.2 Å². The fourth-order valence-electron chi connectivity index (χ4n) is 1.86. The van der Waals surface area contributed by atoms with Gasteiger partial charge in [-0.05, 0) is 16.7 Å². The van der Waals surface area contributed by atoms with Gasteiger partial charge in [0.15, 0.2) is 0 Å². The molecule has 0 unspecified atom stereocenters. The highest BCUT2D eigenvalue weighted by Gasteiger charge is 2.29. The maximum absolute atomic E-state index is 11.9. The molecule has 9 heteroatoms. The highest BCUT2D eigenvalue weighted by molar-refractivity contribution is 7.87. The van der Waals surface area contributed by atoms with Gasteiger partial charge in [0.2, 0.25) is 0 Å². The summed E-state index contributed by atoms with van der Waals surface area (Å²) in [6.45, 7) is -0.159. The van der Waals surface area contributed by atoms with Crippen molar-refractivity contribution in [3.05, 3.63) is 34.9 Å². The van der Waals surface area contributed by atoms with Gasteiger partial charge >= 0.3 is 6.18 Å². The Hall–Kier alpha value is -1.16. The zero-order chi connectivity index (χ0) is 14.8. The maximum atomic E-state index is 11.9.